The molecular formula is C15H15N5O3S. The zero-order chi connectivity index (χ0) is 17.2. The van der Waals surface area contributed by atoms with Crippen LogP contribution < -0.4 is 10.1 Å². The average Bonchev–Trinajstić information content (AvgIpc) is 2.57. The molecule has 1 fully saturated rings. The van der Waals surface area contributed by atoms with Gasteiger partial charge in [-0.25, -0.2) is 18.4 Å². The number of hydrogen-bond acceptors (Lipinski definition) is 7. The summed E-state index contributed by atoms with van der Waals surface area (Å²) in [7, 11) is -2.01. The van der Waals surface area contributed by atoms with Gasteiger partial charge in [-0.1, -0.05) is 0 Å². The van der Waals surface area contributed by atoms with E-state index in [4.69, 9.17) is 10.00 Å². The standard InChI is InChI=1S/C15H15N5O3S/c1-23-12-2-4-13(5-3-12)24(21,22)20-9-11(10-20)19-15-14(8-16)17-6-7-18-15/h2-7,11H,9-10H2,1H3,(H,18,19). The normalized spacial score (nSPS) is 15.3. The minimum absolute atomic E-state index is 0.109. The van der Waals surface area contributed by atoms with E-state index in [1.807, 2.05) is 6.07 Å². The first kappa shape index (κ1) is 16.2. The summed E-state index contributed by atoms with van der Waals surface area (Å²) in [4.78, 5) is 8.19. The topological polar surface area (TPSA) is 108 Å². The van der Waals surface area contributed by atoms with Crippen molar-refractivity contribution in [2.75, 3.05) is 25.5 Å². The molecule has 9 heteroatoms. The third kappa shape index (κ3) is 3.02. The Kier molecular flexibility index (Phi) is 4.33. The number of nitrogens with one attached hydrogen (secondary N) is 1. The maximum atomic E-state index is 12.5. The van der Waals surface area contributed by atoms with Gasteiger partial charge in [-0.3, -0.25) is 0 Å². The summed E-state index contributed by atoms with van der Waals surface area (Å²) in [6, 6.07) is 8.10. The lowest BCUT2D eigenvalue weighted by molar-refractivity contribution is 0.280. The van der Waals surface area contributed by atoms with Crippen molar-refractivity contribution >= 4 is 15.8 Å². The van der Waals surface area contributed by atoms with Gasteiger partial charge in [-0.2, -0.15) is 9.57 Å². The first-order valence-electron chi connectivity index (χ1n) is 7.16. The summed E-state index contributed by atoms with van der Waals surface area (Å²) >= 11 is 0. The average molecular weight is 345 g/mol. The number of sulfonamides is 1. The van der Waals surface area contributed by atoms with Gasteiger partial charge in [0.25, 0.3) is 0 Å². The second-order valence-electron chi connectivity index (χ2n) is 5.20. The second-order valence-corrected chi connectivity index (χ2v) is 7.14. The SMILES string of the molecule is COc1ccc(S(=O)(=O)N2CC(Nc3nccnc3C#N)C2)cc1. The van der Waals surface area contributed by atoms with Gasteiger partial charge in [0.1, 0.15) is 11.8 Å². The van der Waals surface area contributed by atoms with Crippen LogP contribution in [0.2, 0.25) is 0 Å². The number of hydrogen-bond donors (Lipinski definition) is 1. The third-order valence-electron chi connectivity index (χ3n) is 3.69. The Labute approximate surface area is 139 Å². The van der Waals surface area contributed by atoms with Crippen molar-refractivity contribution in [3.05, 3.63) is 42.4 Å². The van der Waals surface area contributed by atoms with Gasteiger partial charge in [0.2, 0.25) is 10.0 Å². The van der Waals surface area contributed by atoms with Crippen molar-refractivity contribution in [2.45, 2.75) is 10.9 Å². The molecule has 3 rings (SSSR count). The summed E-state index contributed by atoms with van der Waals surface area (Å²) in [6.07, 6.45) is 2.92. The third-order valence-corrected chi connectivity index (χ3v) is 5.54. The summed E-state index contributed by atoms with van der Waals surface area (Å²) in [6.45, 7) is 0.603. The van der Waals surface area contributed by atoms with E-state index in [9.17, 15) is 8.42 Å². The molecular weight excluding hydrogens is 330 g/mol. The van der Waals surface area contributed by atoms with Crippen LogP contribution in [0.25, 0.3) is 0 Å². The van der Waals surface area contributed by atoms with Crippen LogP contribution in [0.3, 0.4) is 0 Å². The molecule has 0 radical (unpaired) electrons. The first-order valence-corrected chi connectivity index (χ1v) is 8.60. The second kappa shape index (κ2) is 6.43. The number of anilines is 1. The van der Waals surface area contributed by atoms with E-state index in [2.05, 4.69) is 15.3 Å². The van der Waals surface area contributed by atoms with Crippen LogP contribution in [-0.4, -0.2) is 48.9 Å². The quantitative estimate of drug-likeness (QED) is 0.855. The minimum atomic E-state index is -3.53. The molecule has 24 heavy (non-hydrogen) atoms. The summed E-state index contributed by atoms with van der Waals surface area (Å²) in [5, 5.41) is 12.0. The van der Waals surface area contributed by atoms with Gasteiger partial charge in [0, 0.05) is 25.5 Å². The van der Waals surface area contributed by atoms with Crippen molar-refractivity contribution in [2.24, 2.45) is 0 Å². The fourth-order valence-electron chi connectivity index (χ4n) is 2.34. The summed E-state index contributed by atoms with van der Waals surface area (Å²) in [5.41, 5.74) is 0.189. The molecule has 1 aromatic carbocycles. The van der Waals surface area contributed by atoms with E-state index in [-0.39, 0.29) is 16.6 Å². The lowest BCUT2D eigenvalue weighted by Crippen LogP contribution is -2.56. The Morgan fingerprint density at radius 1 is 1.25 bits per heavy atom. The van der Waals surface area contributed by atoms with Crippen molar-refractivity contribution in [3.8, 4) is 11.8 Å². The van der Waals surface area contributed by atoms with E-state index in [1.54, 1.807) is 12.1 Å². The maximum absolute atomic E-state index is 12.5. The lowest BCUT2D eigenvalue weighted by Gasteiger charge is -2.38. The summed E-state index contributed by atoms with van der Waals surface area (Å²) < 4.78 is 31.4. The van der Waals surface area contributed by atoms with Gasteiger partial charge >= 0.3 is 0 Å². The zero-order valence-corrected chi connectivity index (χ0v) is 13.7. The highest BCUT2D eigenvalue weighted by Crippen LogP contribution is 2.25. The first-order chi connectivity index (χ1) is 11.5. The van der Waals surface area contributed by atoms with Gasteiger partial charge in [0.05, 0.1) is 18.0 Å². The van der Waals surface area contributed by atoms with Crippen molar-refractivity contribution in [1.82, 2.24) is 14.3 Å². The number of methoxy groups -OCH3 is 1. The monoisotopic (exact) mass is 345 g/mol. The van der Waals surface area contributed by atoms with E-state index < -0.39 is 10.0 Å². The molecule has 0 amide bonds. The van der Waals surface area contributed by atoms with Gasteiger partial charge in [-0.15, -0.1) is 0 Å². The molecule has 0 saturated carbocycles. The maximum Gasteiger partial charge on any atom is 0.243 e. The van der Waals surface area contributed by atoms with Crippen LogP contribution in [0.4, 0.5) is 5.82 Å². The zero-order valence-electron chi connectivity index (χ0n) is 12.9. The highest BCUT2D eigenvalue weighted by Gasteiger charge is 2.37. The van der Waals surface area contributed by atoms with Crippen molar-refractivity contribution in [1.29, 1.82) is 5.26 Å². The predicted molar refractivity (Wildman–Crippen MR) is 85.9 cm³/mol. The molecule has 1 N–H and O–H groups in total. The molecule has 0 unspecified atom stereocenters. The van der Waals surface area contributed by atoms with Crippen LogP contribution in [0.15, 0.2) is 41.6 Å². The fraction of sp³-hybridized carbons (Fsp3) is 0.267. The number of nitrogens with zero attached hydrogens (tertiary/aromatic N) is 4. The van der Waals surface area contributed by atoms with Gasteiger partial charge in [0.15, 0.2) is 11.5 Å². The van der Waals surface area contributed by atoms with E-state index in [1.165, 1.54) is 35.9 Å². The Bertz CT molecular complexity index is 871. The number of nitriles is 1. The Hall–Kier alpha value is -2.70. The number of aromatic nitrogens is 2. The van der Waals surface area contributed by atoms with Crippen LogP contribution in [0.5, 0.6) is 5.75 Å². The molecule has 1 saturated heterocycles. The largest absolute Gasteiger partial charge is 0.497 e. The Morgan fingerprint density at radius 2 is 1.92 bits per heavy atom. The molecule has 8 nitrogen and oxygen atoms in total. The molecule has 1 aliphatic heterocycles. The van der Waals surface area contributed by atoms with Crippen LogP contribution in [0, 0.1) is 11.3 Å². The number of ether oxygens (including phenoxy) is 1. The highest BCUT2D eigenvalue weighted by molar-refractivity contribution is 7.89. The van der Waals surface area contributed by atoms with Crippen LogP contribution in [-0.2, 0) is 10.0 Å². The minimum Gasteiger partial charge on any atom is -0.497 e. The van der Waals surface area contributed by atoms with E-state index >= 15 is 0 Å². The highest BCUT2D eigenvalue weighted by atomic mass is 32.2. The molecule has 124 valence electrons. The van der Waals surface area contributed by atoms with Gasteiger partial charge in [-0.05, 0) is 24.3 Å². The Morgan fingerprint density at radius 3 is 2.54 bits per heavy atom. The summed E-state index contributed by atoms with van der Waals surface area (Å²) in [5.74, 6) is 0.968. The fourth-order valence-corrected chi connectivity index (χ4v) is 3.87. The predicted octanol–water partition coefficient (Wildman–Crippen LogP) is 0.842. The molecule has 0 bridgehead atoms. The lowest BCUT2D eigenvalue weighted by atomic mass is 10.2. The number of benzene rings is 1. The Balaban J connectivity index is 1.66. The molecule has 0 atom stereocenters. The molecule has 1 aliphatic rings. The van der Waals surface area contributed by atoms with Crippen LogP contribution in [0.1, 0.15) is 5.69 Å². The molecule has 0 spiro atoms. The van der Waals surface area contributed by atoms with Gasteiger partial charge < -0.3 is 10.1 Å². The number of rotatable bonds is 5. The molecule has 1 aromatic heterocycles. The van der Waals surface area contributed by atoms with Crippen molar-refractivity contribution in [3.63, 3.8) is 0 Å². The van der Waals surface area contributed by atoms with Crippen molar-refractivity contribution < 1.29 is 13.2 Å². The van der Waals surface area contributed by atoms with Crippen LogP contribution >= 0.6 is 0 Å². The molecule has 0 aliphatic carbocycles. The van der Waals surface area contributed by atoms with E-state index in [0.717, 1.165) is 0 Å². The smallest absolute Gasteiger partial charge is 0.243 e. The molecule has 2 aromatic rings. The van der Waals surface area contributed by atoms with E-state index in [0.29, 0.717) is 24.7 Å². The molecule has 2 heterocycles.